The molecule has 0 amide bonds. The molecule has 4 nitrogen and oxygen atoms in total. The van der Waals surface area contributed by atoms with Crippen molar-refractivity contribution < 1.29 is 4.21 Å². The fourth-order valence-electron chi connectivity index (χ4n) is 2.45. The van der Waals surface area contributed by atoms with E-state index >= 15 is 0 Å². The minimum atomic E-state index is -0.806. The number of hydrogen-bond donors (Lipinski definition) is 0. The van der Waals surface area contributed by atoms with Crippen LogP contribution in [0.1, 0.15) is 32.3 Å². The van der Waals surface area contributed by atoms with E-state index in [0.717, 1.165) is 17.8 Å². The van der Waals surface area contributed by atoms with Crippen molar-refractivity contribution in [2.45, 2.75) is 31.4 Å². The van der Waals surface area contributed by atoms with Gasteiger partial charge in [-0.25, -0.2) is 0 Å². The summed E-state index contributed by atoms with van der Waals surface area (Å²) in [6, 6.07) is 2.11. The van der Waals surface area contributed by atoms with Crippen LogP contribution in [0.2, 0.25) is 5.15 Å². The Labute approximate surface area is 125 Å². The molecule has 1 fully saturated rings. The van der Waals surface area contributed by atoms with E-state index in [1.54, 1.807) is 0 Å². The molecular weight excluding hydrogens is 302 g/mol. The van der Waals surface area contributed by atoms with Gasteiger partial charge in [-0.15, -0.1) is 0 Å². The summed E-state index contributed by atoms with van der Waals surface area (Å²) >= 11 is 7.17. The van der Waals surface area contributed by atoms with E-state index in [1.807, 2.05) is 0 Å². The van der Waals surface area contributed by atoms with Crippen LogP contribution >= 0.6 is 23.1 Å². The number of nitrogens with zero attached hydrogens (tertiary/aromatic N) is 3. The van der Waals surface area contributed by atoms with Gasteiger partial charge in [0, 0.05) is 29.6 Å². The highest BCUT2D eigenvalue weighted by atomic mass is 35.5. The second-order valence-electron chi connectivity index (χ2n) is 4.63. The zero-order chi connectivity index (χ0) is 14.0. The van der Waals surface area contributed by atoms with Gasteiger partial charge in [0.25, 0.3) is 0 Å². The van der Waals surface area contributed by atoms with Crippen molar-refractivity contribution in [2.75, 3.05) is 23.7 Å². The highest BCUT2D eigenvalue weighted by Gasteiger charge is 2.40. The predicted octanol–water partition coefficient (Wildman–Crippen LogP) is 2.80. The molecule has 1 aromatic heterocycles. The number of anilines is 1. The van der Waals surface area contributed by atoms with Crippen LogP contribution in [0.25, 0.3) is 0 Å². The Morgan fingerprint density at radius 3 is 2.84 bits per heavy atom. The molecule has 7 heteroatoms. The van der Waals surface area contributed by atoms with Crippen LogP contribution in [-0.4, -0.2) is 32.2 Å². The number of hydrogen-bond acceptors (Lipinski definition) is 5. The summed E-state index contributed by atoms with van der Waals surface area (Å²) in [4.78, 5) is 2.12. The summed E-state index contributed by atoms with van der Waals surface area (Å²) < 4.78 is 16.2. The van der Waals surface area contributed by atoms with Gasteiger partial charge in [0.2, 0.25) is 0 Å². The maximum Gasteiger partial charge on any atom is 0.162 e. The summed E-state index contributed by atoms with van der Waals surface area (Å²) in [6.07, 6.45) is 1.75. The van der Waals surface area contributed by atoms with Crippen LogP contribution in [0.3, 0.4) is 0 Å². The Kier molecular flexibility index (Phi) is 4.49. The smallest absolute Gasteiger partial charge is 0.162 e. The van der Waals surface area contributed by atoms with Crippen LogP contribution < -0.4 is 4.90 Å². The standard InChI is InChI=1S/C12H16ClN3OS2/c1-3-12(4-2)8-16(5-6-19(12)17)11-9(7-14)10(13)15-18-11/h3-6,8H2,1-2H3. The van der Waals surface area contributed by atoms with Crippen molar-refractivity contribution in [3.8, 4) is 6.07 Å². The fraction of sp³-hybridized carbons (Fsp3) is 0.667. The molecule has 0 aromatic carbocycles. The lowest BCUT2D eigenvalue weighted by Gasteiger charge is -2.41. The molecule has 0 aliphatic carbocycles. The summed E-state index contributed by atoms with van der Waals surface area (Å²) in [5, 5.41) is 10.2. The quantitative estimate of drug-likeness (QED) is 0.860. The molecule has 104 valence electrons. The highest BCUT2D eigenvalue weighted by Crippen LogP contribution is 2.36. The van der Waals surface area contributed by atoms with Gasteiger partial charge in [0.1, 0.15) is 16.6 Å². The first-order valence-electron chi connectivity index (χ1n) is 6.26. The molecule has 1 aromatic rings. The third-order valence-electron chi connectivity index (χ3n) is 3.83. The van der Waals surface area contributed by atoms with Gasteiger partial charge < -0.3 is 4.90 Å². The third kappa shape index (κ3) is 2.51. The van der Waals surface area contributed by atoms with E-state index in [9.17, 15) is 4.21 Å². The topological polar surface area (TPSA) is 57.0 Å². The van der Waals surface area contributed by atoms with E-state index in [2.05, 4.69) is 29.2 Å². The van der Waals surface area contributed by atoms with Gasteiger partial charge >= 0.3 is 0 Å². The average Bonchev–Trinajstić information content (AvgIpc) is 2.81. The number of nitriles is 1. The van der Waals surface area contributed by atoms with Gasteiger partial charge in [0.15, 0.2) is 5.15 Å². The molecule has 0 bridgehead atoms. The second kappa shape index (κ2) is 5.78. The molecule has 0 saturated carbocycles. The first kappa shape index (κ1) is 14.8. The van der Waals surface area contributed by atoms with Crippen molar-refractivity contribution in [3.63, 3.8) is 0 Å². The van der Waals surface area contributed by atoms with E-state index in [4.69, 9.17) is 16.9 Å². The third-order valence-corrected chi connectivity index (χ3v) is 7.34. The zero-order valence-electron chi connectivity index (χ0n) is 11.0. The van der Waals surface area contributed by atoms with E-state index < -0.39 is 10.8 Å². The van der Waals surface area contributed by atoms with Crippen molar-refractivity contribution in [1.82, 2.24) is 4.37 Å². The van der Waals surface area contributed by atoms with Crippen LogP contribution in [0, 0.1) is 11.3 Å². The lowest BCUT2D eigenvalue weighted by molar-refractivity contribution is 0.497. The molecule has 0 N–H and O–H groups in total. The van der Waals surface area contributed by atoms with E-state index in [1.165, 1.54) is 11.5 Å². The lowest BCUT2D eigenvalue weighted by Crippen LogP contribution is -2.53. The summed E-state index contributed by atoms with van der Waals surface area (Å²) in [6.45, 7) is 5.56. The minimum Gasteiger partial charge on any atom is -0.359 e. The molecule has 19 heavy (non-hydrogen) atoms. The molecule has 2 rings (SSSR count). The molecule has 1 unspecified atom stereocenters. The van der Waals surface area contributed by atoms with Gasteiger partial charge in [0.05, 0.1) is 4.75 Å². The van der Waals surface area contributed by atoms with Crippen molar-refractivity contribution in [1.29, 1.82) is 5.26 Å². The molecule has 0 spiro atoms. The minimum absolute atomic E-state index is 0.179. The van der Waals surface area contributed by atoms with Crippen LogP contribution in [-0.2, 0) is 10.8 Å². The molecule has 1 saturated heterocycles. The number of halogens is 1. The summed E-state index contributed by atoms with van der Waals surface area (Å²) in [5.74, 6) is 0.641. The predicted molar refractivity (Wildman–Crippen MR) is 80.4 cm³/mol. The van der Waals surface area contributed by atoms with E-state index in [0.29, 0.717) is 24.4 Å². The Morgan fingerprint density at radius 2 is 2.26 bits per heavy atom. The summed E-state index contributed by atoms with van der Waals surface area (Å²) in [7, 11) is -0.806. The van der Waals surface area contributed by atoms with Crippen LogP contribution in [0.15, 0.2) is 0 Å². The van der Waals surface area contributed by atoms with Crippen LogP contribution in [0.4, 0.5) is 5.00 Å². The number of aromatic nitrogens is 1. The number of rotatable bonds is 3. The SMILES string of the molecule is CCC1(CC)CN(c2snc(Cl)c2C#N)CCS1=O. The van der Waals surface area contributed by atoms with Gasteiger partial charge in [-0.2, -0.15) is 9.64 Å². The fourth-order valence-corrected chi connectivity index (χ4v) is 5.27. The summed E-state index contributed by atoms with van der Waals surface area (Å²) in [5.41, 5.74) is 0.445. The normalized spacial score (nSPS) is 22.2. The monoisotopic (exact) mass is 317 g/mol. The first-order chi connectivity index (χ1) is 9.07. The van der Waals surface area contributed by atoms with Gasteiger partial charge in [-0.3, -0.25) is 4.21 Å². The molecule has 0 radical (unpaired) electrons. The van der Waals surface area contributed by atoms with E-state index in [-0.39, 0.29) is 9.90 Å². The van der Waals surface area contributed by atoms with Gasteiger partial charge in [-0.1, -0.05) is 25.4 Å². The van der Waals surface area contributed by atoms with Crippen molar-refractivity contribution in [2.24, 2.45) is 0 Å². The Bertz CT molecular complexity index is 534. The first-order valence-corrected chi connectivity index (χ1v) is 8.73. The Morgan fingerprint density at radius 1 is 1.58 bits per heavy atom. The molecular formula is C12H16ClN3OS2. The van der Waals surface area contributed by atoms with Crippen molar-refractivity contribution >= 4 is 38.9 Å². The Balaban J connectivity index is 2.33. The second-order valence-corrected chi connectivity index (χ2v) is 7.70. The molecule has 2 heterocycles. The molecule has 1 aliphatic heterocycles. The average molecular weight is 318 g/mol. The molecule has 1 aliphatic rings. The molecule has 1 atom stereocenters. The van der Waals surface area contributed by atoms with Crippen molar-refractivity contribution in [3.05, 3.63) is 10.7 Å². The zero-order valence-corrected chi connectivity index (χ0v) is 13.4. The highest BCUT2D eigenvalue weighted by molar-refractivity contribution is 7.86. The largest absolute Gasteiger partial charge is 0.359 e. The maximum atomic E-state index is 12.3. The maximum absolute atomic E-state index is 12.3. The Hall–Kier alpha value is -0.640. The van der Waals surface area contributed by atoms with Gasteiger partial charge in [-0.05, 0) is 24.4 Å². The van der Waals surface area contributed by atoms with Crippen LogP contribution in [0.5, 0.6) is 0 Å². The lowest BCUT2D eigenvalue weighted by atomic mass is 10.0.